The van der Waals surface area contributed by atoms with Gasteiger partial charge in [0.2, 0.25) is 0 Å². The van der Waals surface area contributed by atoms with Crippen molar-refractivity contribution >= 4 is 51.5 Å². The molecule has 0 radical (unpaired) electrons. The summed E-state index contributed by atoms with van der Waals surface area (Å²) < 4.78 is 14.0. The molecule has 0 unspecified atom stereocenters. The average Bonchev–Trinajstić information content (AvgIpc) is 2.41. The van der Waals surface area contributed by atoms with Crippen LogP contribution in [-0.2, 0) is 0 Å². The summed E-state index contributed by atoms with van der Waals surface area (Å²) in [5.74, 6) is -0.816. The van der Waals surface area contributed by atoms with Crippen molar-refractivity contribution in [3.63, 3.8) is 0 Å². The number of para-hydroxylation sites is 1. The second kappa shape index (κ2) is 6.62. The first-order valence-electron chi connectivity index (χ1n) is 6.12. The molecule has 1 N–H and O–H groups in total. The Bertz CT molecular complexity index is 691. The predicted octanol–water partition coefficient (Wildman–Crippen LogP) is 4.40. The monoisotopic (exact) mass is 418 g/mol. The van der Waals surface area contributed by atoms with Crippen LogP contribution in [0.25, 0.3) is 0 Å². The highest BCUT2D eigenvalue weighted by Gasteiger charge is 2.15. The zero-order chi connectivity index (χ0) is 15.6. The quantitative estimate of drug-likeness (QED) is 0.749. The Kier molecular flexibility index (Phi) is 5.05. The highest BCUT2D eigenvalue weighted by atomic mass is 127. The van der Waals surface area contributed by atoms with Gasteiger partial charge in [-0.2, -0.15) is 0 Å². The van der Waals surface area contributed by atoms with Crippen molar-refractivity contribution in [2.75, 3.05) is 24.3 Å². The van der Waals surface area contributed by atoms with E-state index in [1.54, 1.807) is 24.3 Å². The second-order valence-corrected chi connectivity index (χ2v) is 6.18. The lowest BCUT2D eigenvalue weighted by Gasteiger charge is -2.19. The summed E-state index contributed by atoms with van der Waals surface area (Å²) in [6, 6.07) is 9.36. The Morgan fingerprint density at radius 3 is 2.67 bits per heavy atom. The van der Waals surface area contributed by atoms with E-state index < -0.39 is 5.82 Å². The van der Waals surface area contributed by atoms with E-state index in [-0.39, 0.29) is 5.91 Å². The lowest BCUT2D eigenvalue weighted by atomic mass is 10.2. The smallest absolute Gasteiger partial charge is 0.256 e. The van der Waals surface area contributed by atoms with E-state index in [9.17, 15) is 9.18 Å². The average molecular weight is 419 g/mol. The third-order valence-electron chi connectivity index (χ3n) is 2.86. The van der Waals surface area contributed by atoms with Gasteiger partial charge >= 0.3 is 0 Å². The molecule has 110 valence electrons. The van der Waals surface area contributed by atoms with Gasteiger partial charge in [0.25, 0.3) is 5.91 Å². The maximum Gasteiger partial charge on any atom is 0.256 e. The third kappa shape index (κ3) is 3.65. The molecule has 21 heavy (non-hydrogen) atoms. The molecule has 0 aliphatic carbocycles. The van der Waals surface area contributed by atoms with Crippen molar-refractivity contribution in [2.45, 2.75) is 0 Å². The second-order valence-electron chi connectivity index (χ2n) is 4.61. The molecule has 3 nitrogen and oxygen atoms in total. The van der Waals surface area contributed by atoms with Crippen LogP contribution in [0.1, 0.15) is 10.4 Å². The van der Waals surface area contributed by atoms with Gasteiger partial charge in [-0.3, -0.25) is 4.79 Å². The molecule has 0 atom stereocenters. The van der Waals surface area contributed by atoms with E-state index in [1.165, 1.54) is 12.1 Å². The molecule has 0 aliphatic rings. The lowest BCUT2D eigenvalue weighted by molar-refractivity contribution is 0.102. The van der Waals surface area contributed by atoms with Gasteiger partial charge in [-0.1, -0.05) is 17.7 Å². The van der Waals surface area contributed by atoms with Crippen molar-refractivity contribution in [3.05, 3.63) is 56.4 Å². The fourth-order valence-corrected chi connectivity index (χ4v) is 2.86. The van der Waals surface area contributed by atoms with Gasteiger partial charge in [0.1, 0.15) is 5.82 Å². The molecule has 1 amide bonds. The fraction of sp³-hybridized carbons (Fsp3) is 0.133. The molecule has 0 spiro atoms. The van der Waals surface area contributed by atoms with Gasteiger partial charge in [-0.25, -0.2) is 4.39 Å². The summed E-state index contributed by atoms with van der Waals surface area (Å²) in [4.78, 5) is 14.1. The molecule has 0 saturated carbocycles. The zero-order valence-corrected chi connectivity index (χ0v) is 14.4. The SMILES string of the molecule is CN(C)c1c(Cl)cccc1NC(=O)c1cc(F)ccc1I. The molecule has 0 aromatic heterocycles. The van der Waals surface area contributed by atoms with Gasteiger partial charge in [-0.15, -0.1) is 0 Å². The Morgan fingerprint density at radius 1 is 1.29 bits per heavy atom. The molecule has 0 aliphatic heterocycles. The zero-order valence-electron chi connectivity index (χ0n) is 11.5. The number of carbonyl (C=O) groups excluding carboxylic acids is 1. The summed E-state index contributed by atoms with van der Waals surface area (Å²) >= 11 is 8.16. The molecule has 6 heteroatoms. The highest BCUT2D eigenvalue weighted by molar-refractivity contribution is 14.1. The minimum atomic E-state index is -0.445. The van der Waals surface area contributed by atoms with Crippen LogP contribution >= 0.6 is 34.2 Å². The number of hydrogen-bond donors (Lipinski definition) is 1. The van der Waals surface area contributed by atoms with Crippen LogP contribution in [0, 0.1) is 9.39 Å². The maximum atomic E-state index is 13.3. The summed E-state index contributed by atoms with van der Waals surface area (Å²) in [6.07, 6.45) is 0. The maximum absolute atomic E-state index is 13.3. The van der Waals surface area contributed by atoms with Crippen molar-refractivity contribution < 1.29 is 9.18 Å². The van der Waals surface area contributed by atoms with E-state index in [0.29, 0.717) is 25.5 Å². The van der Waals surface area contributed by atoms with Crippen molar-refractivity contribution in [1.82, 2.24) is 0 Å². The van der Waals surface area contributed by atoms with Crippen LogP contribution in [0.5, 0.6) is 0 Å². The summed E-state index contributed by atoms with van der Waals surface area (Å²) in [7, 11) is 3.67. The number of nitrogens with one attached hydrogen (secondary N) is 1. The molecule has 2 aromatic rings. The number of hydrogen-bond acceptors (Lipinski definition) is 2. The first-order valence-corrected chi connectivity index (χ1v) is 7.58. The van der Waals surface area contributed by atoms with Crippen LogP contribution in [0.3, 0.4) is 0 Å². The fourth-order valence-electron chi connectivity index (χ4n) is 1.93. The molecule has 0 bridgehead atoms. The molecule has 0 heterocycles. The number of rotatable bonds is 3. The Balaban J connectivity index is 2.36. The van der Waals surface area contributed by atoms with E-state index in [4.69, 9.17) is 11.6 Å². The molecule has 2 aromatic carbocycles. The number of nitrogens with zero attached hydrogens (tertiary/aromatic N) is 1. The van der Waals surface area contributed by atoms with Crippen LogP contribution in [-0.4, -0.2) is 20.0 Å². The number of halogens is 3. The lowest BCUT2D eigenvalue weighted by Crippen LogP contribution is -2.18. The molecular formula is C15H13ClFIN2O. The molecule has 2 rings (SSSR count). The van der Waals surface area contributed by atoms with Crippen LogP contribution in [0.15, 0.2) is 36.4 Å². The van der Waals surface area contributed by atoms with Gasteiger partial charge in [0.05, 0.1) is 22.0 Å². The minimum absolute atomic E-state index is 0.292. The molecule has 0 fully saturated rings. The number of benzene rings is 2. The topological polar surface area (TPSA) is 32.3 Å². The van der Waals surface area contributed by atoms with E-state index >= 15 is 0 Å². The summed E-state index contributed by atoms with van der Waals surface area (Å²) in [5.41, 5.74) is 1.58. The number of amides is 1. The molecule has 0 saturated heterocycles. The van der Waals surface area contributed by atoms with Crippen LogP contribution in [0.2, 0.25) is 5.02 Å². The summed E-state index contributed by atoms with van der Waals surface area (Å²) in [5, 5.41) is 3.31. The third-order valence-corrected chi connectivity index (χ3v) is 4.10. The van der Waals surface area contributed by atoms with E-state index in [0.717, 1.165) is 0 Å². The standard InChI is InChI=1S/C15H13ClFIN2O/c1-20(2)14-11(16)4-3-5-13(14)19-15(21)10-8-9(17)6-7-12(10)18/h3-8H,1-2H3,(H,19,21). The van der Waals surface area contributed by atoms with Crippen molar-refractivity contribution in [3.8, 4) is 0 Å². The Hall–Kier alpha value is -1.34. The summed E-state index contributed by atoms with van der Waals surface area (Å²) in [6.45, 7) is 0. The van der Waals surface area contributed by atoms with Crippen molar-refractivity contribution in [1.29, 1.82) is 0 Å². The van der Waals surface area contributed by atoms with Gasteiger partial charge in [0.15, 0.2) is 0 Å². The van der Waals surface area contributed by atoms with Gasteiger partial charge < -0.3 is 10.2 Å². The van der Waals surface area contributed by atoms with Gasteiger partial charge in [0, 0.05) is 17.7 Å². The predicted molar refractivity (Wildman–Crippen MR) is 92.8 cm³/mol. The van der Waals surface area contributed by atoms with E-state index in [2.05, 4.69) is 5.32 Å². The largest absolute Gasteiger partial charge is 0.375 e. The first kappa shape index (κ1) is 16.0. The van der Waals surface area contributed by atoms with Crippen LogP contribution < -0.4 is 10.2 Å². The normalized spacial score (nSPS) is 10.3. The minimum Gasteiger partial charge on any atom is -0.375 e. The highest BCUT2D eigenvalue weighted by Crippen LogP contribution is 2.32. The Labute approximate surface area is 141 Å². The molecular weight excluding hydrogens is 406 g/mol. The van der Waals surface area contributed by atoms with Crippen LogP contribution in [0.4, 0.5) is 15.8 Å². The van der Waals surface area contributed by atoms with Crippen molar-refractivity contribution in [2.24, 2.45) is 0 Å². The number of anilines is 2. The van der Waals surface area contributed by atoms with E-state index in [1.807, 2.05) is 41.6 Å². The number of carbonyl (C=O) groups is 1. The Morgan fingerprint density at radius 2 is 2.00 bits per heavy atom. The first-order chi connectivity index (χ1) is 9.90. The van der Waals surface area contributed by atoms with Gasteiger partial charge in [-0.05, 0) is 52.9 Å².